The molecule has 1 aromatic rings. The van der Waals surface area contributed by atoms with E-state index in [1.807, 2.05) is 0 Å². The molecule has 0 saturated heterocycles. The smallest absolute Gasteiger partial charge is 0.0412 e. The maximum Gasteiger partial charge on any atom is 0.0412 e. The van der Waals surface area contributed by atoms with Crippen molar-refractivity contribution in [3.8, 4) is 0 Å². The molecule has 1 fully saturated rings. The van der Waals surface area contributed by atoms with Crippen molar-refractivity contribution in [3.63, 3.8) is 0 Å². The lowest BCUT2D eigenvalue weighted by Crippen LogP contribution is -2.34. The zero-order valence-electron chi connectivity index (χ0n) is 10.8. The minimum atomic E-state index is -0.0416. The number of hydrogen-bond donors (Lipinski definition) is 1. The van der Waals surface area contributed by atoms with Crippen LogP contribution in [0.4, 0.5) is 0 Å². The molecule has 0 bridgehead atoms. The molecule has 0 aromatic heterocycles. The van der Waals surface area contributed by atoms with Gasteiger partial charge in [-0.2, -0.15) is 0 Å². The quantitative estimate of drug-likeness (QED) is 0.805. The summed E-state index contributed by atoms with van der Waals surface area (Å²) in [5, 5.41) is 0. The molecule has 1 heteroatoms. The SMILES string of the molecule is CCc1cc(C)c(C)c(C2(N)CCCC2)c1. The van der Waals surface area contributed by atoms with Crippen molar-refractivity contribution in [3.05, 3.63) is 34.4 Å². The zero-order chi connectivity index (χ0) is 11.8. The number of aryl methyl sites for hydroxylation is 2. The fourth-order valence-electron chi connectivity index (χ4n) is 2.93. The van der Waals surface area contributed by atoms with Crippen LogP contribution in [0.1, 0.15) is 54.9 Å². The molecule has 0 spiro atoms. The van der Waals surface area contributed by atoms with E-state index in [1.54, 1.807) is 0 Å². The number of rotatable bonds is 2. The van der Waals surface area contributed by atoms with Gasteiger partial charge in [0.05, 0.1) is 0 Å². The van der Waals surface area contributed by atoms with Crippen molar-refractivity contribution in [2.24, 2.45) is 5.73 Å². The Morgan fingerprint density at radius 3 is 2.38 bits per heavy atom. The van der Waals surface area contributed by atoms with Gasteiger partial charge in [-0.3, -0.25) is 0 Å². The first-order chi connectivity index (χ1) is 7.57. The second-order valence-corrected chi connectivity index (χ2v) is 5.30. The number of hydrogen-bond acceptors (Lipinski definition) is 1. The van der Waals surface area contributed by atoms with Crippen molar-refractivity contribution >= 4 is 0 Å². The number of nitrogens with two attached hydrogens (primary N) is 1. The maximum atomic E-state index is 6.57. The molecule has 1 aromatic carbocycles. The summed E-state index contributed by atoms with van der Waals surface area (Å²) in [7, 11) is 0. The van der Waals surface area contributed by atoms with Crippen LogP contribution < -0.4 is 5.73 Å². The van der Waals surface area contributed by atoms with Gasteiger partial charge in [-0.05, 0) is 55.4 Å². The highest BCUT2D eigenvalue weighted by Gasteiger charge is 2.32. The molecule has 0 atom stereocenters. The van der Waals surface area contributed by atoms with Crippen LogP contribution in [0.2, 0.25) is 0 Å². The standard InChI is InChI=1S/C15H23N/c1-4-13-9-11(2)12(3)14(10-13)15(16)7-5-6-8-15/h9-10H,4-8,16H2,1-3H3. The third-order valence-electron chi connectivity index (χ3n) is 4.17. The Bertz CT molecular complexity index is 387. The summed E-state index contributed by atoms with van der Waals surface area (Å²) in [5.41, 5.74) is 12.2. The van der Waals surface area contributed by atoms with E-state index in [4.69, 9.17) is 5.73 Å². The summed E-state index contributed by atoms with van der Waals surface area (Å²) in [6.07, 6.45) is 5.97. The van der Waals surface area contributed by atoms with Crippen LogP contribution >= 0.6 is 0 Å². The molecule has 1 nitrogen and oxygen atoms in total. The van der Waals surface area contributed by atoms with Crippen molar-refractivity contribution in [2.75, 3.05) is 0 Å². The van der Waals surface area contributed by atoms with E-state index in [2.05, 4.69) is 32.9 Å². The van der Waals surface area contributed by atoms with Crippen molar-refractivity contribution in [2.45, 2.75) is 58.4 Å². The van der Waals surface area contributed by atoms with E-state index >= 15 is 0 Å². The van der Waals surface area contributed by atoms with Crippen LogP contribution in [0.5, 0.6) is 0 Å². The second kappa shape index (κ2) is 4.21. The Labute approximate surface area is 99.0 Å². The van der Waals surface area contributed by atoms with Gasteiger partial charge in [-0.1, -0.05) is 31.9 Å². The van der Waals surface area contributed by atoms with Crippen LogP contribution in [-0.2, 0) is 12.0 Å². The molecule has 2 rings (SSSR count). The van der Waals surface area contributed by atoms with E-state index < -0.39 is 0 Å². The molecule has 0 radical (unpaired) electrons. The van der Waals surface area contributed by atoms with E-state index in [-0.39, 0.29) is 5.54 Å². The first-order valence-electron chi connectivity index (χ1n) is 6.46. The summed E-state index contributed by atoms with van der Waals surface area (Å²) >= 11 is 0. The molecule has 1 aliphatic carbocycles. The molecule has 0 unspecified atom stereocenters. The van der Waals surface area contributed by atoms with Gasteiger partial charge in [-0.25, -0.2) is 0 Å². The summed E-state index contributed by atoms with van der Waals surface area (Å²) in [5.74, 6) is 0. The fraction of sp³-hybridized carbons (Fsp3) is 0.600. The molecular weight excluding hydrogens is 194 g/mol. The average Bonchev–Trinajstić information content (AvgIpc) is 2.70. The molecule has 88 valence electrons. The minimum absolute atomic E-state index is 0.0416. The topological polar surface area (TPSA) is 26.0 Å². The Morgan fingerprint density at radius 1 is 1.19 bits per heavy atom. The van der Waals surface area contributed by atoms with Gasteiger partial charge in [-0.15, -0.1) is 0 Å². The molecule has 0 heterocycles. The summed E-state index contributed by atoms with van der Waals surface area (Å²) in [6.45, 7) is 6.64. The molecule has 2 N–H and O–H groups in total. The predicted octanol–water partition coefficient (Wildman–Crippen LogP) is 3.59. The normalized spacial score (nSPS) is 19.0. The molecule has 16 heavy (non-hydrogen) atoms. The van der Waals surface area contributed by atoms with Gasteiger partial charge in [0.1, 0.15) is 0 Å². The Kier molecular flexibility index (Phi) is 3.07. The third kappa shape index (κ3) is 1.89. The lowest BCUT2D eigenvalue weighted by molar-refractivity contribution is 0.458. The summed E-state index contributed by atoms with van der Waals surface area (Å²) in [6, 6.07) is 4.64. The van der Waals surface area contributed by atoms with Gasteiger partial charge in [0.2, 0.25) is 0 Å². The summed E-state index contributed by atoms with van der Waals surface area (Å²) < 4.78 is 0. The monoisotopic (exact) mass is 217 g/mol. The van der Waals surface area contributed by atoms with Gasteiger partial charge >= 0.3 is 0 Å². The number of benzene rings is 1. The lowest BCUT2D eigenvalue weighted by atomic mass is 9.83. The highest BCUT2D eigenvalue weighted by Crippen LogP contribution is 2.38. The van der Waals surface area contributed by atoms with Gasteiger partial charge in [0, 0.05) is 5.54 Å². The van der Waals surface area contributed by atoms with E-state index in [0.29, 0.717) is 0 Å². The average molecular weight is 217 g/mol. The first kappa shape index (κ1) is 11.7. The third-order valence-corrected chi connectivity index (χ3v) is 4.17. The van der Waals surface area contributed by atoms with Crippen LogP contribution in [0.15, 0.2) is 12.1 Å². The molecule has 0 aliphatic heterocycles. The van der Waals surface area contributed by atoms with Crippen LogP contribution in [0.3, 0.4) is 0 Å². The first-order valence-corrected chi connectivity index (χ1v) is 6.46. The van der Waals surface area contributed by atoms with E-state index in [0.717, 1.165) is 19.3 Å². The predicted molar refractivity (Wildman–Crippen MR) is 69.6 cm³/mol. The van der Waals surface area contributed by atoms with Crippen molar-refractivity contribution in [1.82, 2.24) is 0 Å². The van der Waals surface area contributed by atoms with Crippen LogP contribution in [0, 0.1) is 13.8 Å². The minimum Gasteiger partial charge on any atom is -0.321 e. The van der Waals surface area contributed by atoms with E-state index in [1.165, 1.54) is 35.1 Å². The molecule has 0 amide bonds. The Balaban J connectivity index is 2.50. The highest BCUT2D eigenvalue weighted by atomic mass is 14.8. The van der Waals surface area contributed by atoms with Crippen LogP contribution in [-0.4, -0.2) is 0 Å². The largest absolute Gasteiger partial charge is 0.321 e. The molecule has 1 aliphatic rings. The lowest BCUT2D eigenvalue weighted by Gasteiger charge is -2.28. The van der Waals surface area contributed by atoms with E-state index in [9.17, 15) is 0 Å². The van der Waals surface area contributed by atoms with Gasteiger partial charge in [0.15, 0.2) is 0 Å². The molecule has 1 saturated carbocycles. The second-order valence-electron chi connectivity index (χ2n) is 5.30. The van der Waals surface area contributed by atoms with Crippen molar-refractivity contribution in [1.29, 1.82) is 0 Å². The van der Waals surface area contributed by atoms with Gasteiger partial charge < -0.3 is 5.73 Å². The van der Waals surface area contributed by atoms with Gasteiger partial charge in [0.25, 0.3) is 0 Å². The fourth-order valence-corrected chi connectivity index (χ4v) is 2.93. The molecular formula is C15H23N. The highest BCUT2D eigenvalue weighted by molar-refractivity contribution is 5.42. The van der Waals surface area contributed by atoms with Crippen LogP contribution in [0.25, 0.3) is 0 Å². The zero-order valence-corrected chi connectivity index (χ0v) is 10.8. The Hall–Kier alpha value is -0.820. The Morgan fingerprint density at radius 2 is 1.81 bits per heavy atom. The van der Waals surface area contributed by atoms with Crippen molar-refractivity contribution < 1.29 is 0 Å². The summed E-state index contributed by atoms with van der Waals surface area (Å²) in [4.78, 5) is 0. The maximum absolute atomic E-state index is 6.57.